The van der Waals surface area contributed by atoms with Gasteiger partial charge in [-0.15, -0.1) is 0 Å². The number of hydrogen-bond acceptors (Lipinski definition) is 4. The van der Waals surface area contributed by atoms with E-state index in [0.717, 1.165) is 18.2 Å². The molecule has 0 fully saturated rings. The highest BCUT2D eigenvalue weighted by molar-refractivity contribution is 7.92. The van der Waals surface area contributed by atoms with Crippen molar-refractivity contribution in [3.63, 3.8) is 0 Å². The summed E-state index contributed by atoms with van der Waals surface area (Å²) in [6.07, 6.45) is 2.62. The molecule has 2 unspecified atom stereocenters. The molecule has 1 N–H and O–H groups in total. The number of amides is 2. The number of rotatable bonds is 13. The maximum Gasteiger partial charge on any atom is 0.243 e. The topological polar surface area (TPSA) is 86.8 Å². The number of aryl methyl sites for hydroxylation is 1. The van der Waals surface area contributed by atoms with Crippen LogP contribution in [0.2, 0.25) is 10.0 Å². The van der Waals surface area contributed by atoms with Gasteiger partial charge in [-0.3, -0.25) is 13.9 Å². The summed E-state index contributed by atoms with van der Waals surface area (Å²) in [5.41, 5.74) is 2.05. The zero-order valence-corrected chi connectivity index (χ0v) is 24.5. The fraction of sp³-hybridized carbons (Fsp3) is 0.481. The average Bonchev–Trinajstić information content (AvgIpc) is 2.82. The Hall–Kier alpha value is -2.29. The number of anilines is 1. The second kappa shape index (κ2) is 14.0. The van der Waals surface area contributed by atoms with E-state index in [1.165, 1.54) is 9.21 Å². The zero-order valence-electron chi connectivity index (χ0n) is 22.1. The lowest BCUT2D eigenvalue weighted by Crippen LogP contribution is -2.50. The van der Waals surface area contributed by atoms with Crippen LogP contribution in [0.1, 0.15) is 57.6 Å². The first-order valence-corrected chi connectivity index (χ1v) is 15.1. The molecule has 0 radical (unpaired) electrons. The Balaban J connectivity index is 2.28. The van der Waals surface area contributed by atoms with Gasteiger partial charge in [0.2, 0.25) is 21.8 Å². The summed E-state index contributed by atoms with van der Waals surface area (Å²) < 4.78 is 26.3. The predicted molar refractivity (Wildman–Crippen MR) is 152 cm³/mol. The molecular weight excluding hydrogens is 533 g/mol. The lowest BCUT2D eigenvalue weighted by molar-refractivity contribution is -0.141. The van der Waals surface area contributed by atoms with Crippen LogP contribution >= 0.6 is 23.2 Å². The normalized spacial score (nSPS) is 13.1. The number of hydrogen-bond donors (Lipinski definition) is 1. The summed E-state index contributed by atoms with van der Waals surface area (Å²) in [6, 6.07) is 11.5. The van der Waals surface area contributed by atoms with Gasteiger partial charge in [0.25, 0.3) is 0 Å². The quantitative estimate of drug-likeness (QED) is 0.341. The van der Waals surface area contributed by atoms with Gasteiger partial charge in [0.1, 0.15) is 6.04 Å². The van der Waals surface area contributed by atoms with Gasteiger partial charge >= 0.3 is 0 Å². The van der Waals surface area contributed by atoms with Crippen LogP contribution in [0.15, 0.2) is 42.5 Å². The van der Waals surface area contributed by atoms with Crippen LogP contribution in [0, 0.1) is 6.92 Å². The van der Waals surface area contributed by atoms with Crippen LogP contribution in [0.4, 0.5) is 5.69 Å². The lowest BCUT2D eigenvalue weighted by atomic mass is 10.1. The summed E-state index contributed by atoms with van der Waals surface area (Å²) >= 11 is 12.8. The highest BCUT2D eigenvalue weighted by atomic mass is 35.5. The Morgan fingerprint density at radius 1 is 1.03 bits per heavy atom. The van der Waals surface area contributed by atoms with E-state index in [9.17, 15) is 18.0 Å². The molecule has 10 heteroatoms. The van der Waals surface area contributed by atoms with Crippen molar-refractivity contribution in [2.75, 3.05) is 17.1 Å². The van der Waals surface area contributed by atoms with Crippen LogP contribution in [0.5, 0.6) is 0 Å². The number of halogens is 2. The SMILES string of the molecule is CCC(C)NC(=O)C(CC)N(Cc1c(Cl)cccc1Cl)C(=O)CCCN(c1cccc(C)c1)S(C)(=O)=O. The summed E-state index contributed by atoms with van der Waals surface area (Å²) in [5.74, 6) is -0.522. The highest BCUT2D eigenvalue weighted by Crippen LogP contribution is 2.28. The van der Waals surface area contributed by atoms with Gasteiger partial charge < -0.3 is 10.2 Å². The van der Waals surface area contributed by atoms with Crippen molar-refractivity contribution in [1.29, 1.82) is 0 Å². The molecule has 0 spiro atoms. The number of benzene rings is 2. The Morgan fingerprint density at radius 2 is 1.65 bits per heavy atom. The minimum absolute atomic E-state index is 0.0416. The lowest BCUT2D eigenvalue weighted by Gasteiger charge is -2.32. The molecule has 2 rings (SSSR count). The van der Waals surface area contributed by atoms with Crippen LogP contribution in [-0.4, -0.2) is 50.0 Å². The molecule has 2 aromatic rings. The van der Waals surface area contributed by atoms with E-state index in [1.54, 1.807) is 36.4 Å². The van der Waals surface area contributed by atoms with E-state index in [-0.39, 0.29) is 43.8 Å². The van der Waals surface area contributed by atoms with Crippen molar-refractivity contribution in [3.8, 4) is 0 Å². The summed E-state index contributed by atoms with van der Waals surface area (Å²) in [7, 11) is -3.55. The third-order valence-electron chi connectivity index (χ3n) is 6.22. The molecule has 0 aliphatic rings. The van der Waals surface area contributed by atoms with E-state index in [4.69, 9.17) is 23.2 Å². The van der Waals surface area contributed by atoms with Crippen LogP contribution in [0.25, 0.3) is 0 Å². The number of sulfonamides is 1. The monoisotopic (exact) mass is 569 g/mol. The van der Waals surface area contributed by atoms with E-state index in [2.05, 4.69) is 5.32 Å². The van der Waals surface area contributed by atoms with E-state index in [1.807, 2.05) is 33.8 Å². The first-order chi connectivity index (χ1) is 17.4. The van der Waals surface area contributed by atoms with Crippen LogP contribution < -0.4 is 9.62 Å². The number of carbonyl (C=O) groups excluding carboxylic acids is 2. The number of carbonyl (C=O) groups is 2. The van der Waals surface area contributed by atoms with Gasteiger partial charge in [-0.05, 0) is 62.9 Å². The molecule has 204 valence electrons. The Bertz CT molecular complexity index is 1170. The van der Waals surface area contributed by atoms with Gasteiger partial charge in [-0.25, -0.2) is 8.42 Å². The molecule has 0 saturated heterocycles. The molecule has 2 amide bonds. The molecular formula is C27H37Cl2N3O4S. The number of nitrogens with one attached hydrogen (secondary N) is 1. The largest absolute Gasteiger partial charge is 0.352 e. The fourth-order valence-corrected chi connectivity index (χ4v) is 5.48. The molecule has 7 nitrogen and oxygen atoms in total. The predicted octanol–water partition coefficient (Wildman–Crippen LogP) is 5.57. The molecule has 2 aromatic carbocycles. The summed E-state index contributed by atoms with van der Waals surface area (Å²) in [4.78, 5) is 28.2. The van der Waals surface area contributed by atoms with E-state index < -0.39 is 16.1 Å². The van der Waals surface area contributed by atoms with Gasteiger partial charge in [-0.2, -0.15) is 0 Å². The van der Waals surface area contributed by atoms with Crippen molar-refractivity contribution in [3.05, 3.63) is 63.6 Å². The van der Waals surface area contributed by atoms with Gasteiger partial charge in [0, 0.05) is 41.2 Å². The highest BCUT2D eigenvalue weighted by Gasteiger charge is 2.30. The molecule has 0 aromatic heterocycles. The molecule has 0 heterocycles. The molecule has 0 saturated carbocycles. The number of nitrogens with zero attached hydrogens (tertiary/aromatic N) is 2. The maximum absolute atomic E-state index is 13.5. The third-order valence-corrected chi connectivity index (χ3v) is 8.12. The van der Waals surface area contributed by atoms with Crippen molar-refractivity contribution in [1.82, 2.24) is 10.2 Å². The zero-order chi connectivity index (χ0) is 27.8. The van der Waals surface area contributed by atoms with Crippen molar-refractivity contribution in [2.24, 2.45) is 0 Å². The van der Waals surface area contributed by atoms with E-state index >= 15 is 0 Å². The first-order valence-electron chi connectivity index (χ1n) is 12.5. The Morgan fingerprint density at radius 3 is 2.19 bits per heavy atom. The van der Waals surface area contributed by atoms with Gasteiger partial charge in [0.05, 0.1) is 11.9 Å². The van der Waals surface area contributed by atoms with Crippen molar-refractivity contribution < 1.29 is 18.0 Å². The Labute approximate surface area is 231 Å². The summed E-state index contributed by atoms with van der Waals surface area (Å²) in [6.45, 7) is 7.81. The summed E-state index contributed by atoms with van der Waals surface area (Å²) in [5, 5.41) is 3.78. The minimum atomic E-state index is -3.55. The average molecular weight is 571 g/mol. The molecule has 0 aliphatic heterocycles. The second-order valence-corrected chi connectivity index (χ2v) is 12.0. The standard InChI is InChI=1S/C27H37Cl2N3O4S/c1-6-20(4)30-27(34)25(7-2)31(18-22-23(28)13-9-14-24(22)29)26(33)15-10-16-32(37(5,35)36)21-12-8-11-19(3)17-21/h8-9,11-14,17,20,25H,6-7,10,15-16,18H2,1-5H3,(H,30,34). The third kappa shape index (κ3) is 8.90. The van der Waals surface area contributed by atoms with E-state index in [0.29, 0.717) is 27.7 Å². The van der Waals surface area contributed by atoms with Crippen LogP contribution in [-0.2, 0) is 26.2 Å². The second-order valence-electron chi connectivity index (χ2n) is 9.24. The van der Waals surface area contributed by atoms with Gasteiger partial charge in [-0.1, -0.05) is 55.2 Å². The Kier molecular flexibility index (Phi) is 11.7. The smallest absolute Gasteiger partial charge is 0.243 e. The minimum Gasteiger partial charge on any atom is -0.352 e. The van der Waals surface area contributed by atoms with Crippen molar-refractivity contribution in [2.45, 2.75) is 72.0 Å². The molecule has 2 atom stereocenters. The fourth-order valence-electron chi connectivity index (χ4n) is 4.00. The van der Waals surface area contributed by atoms with Crippen molar-refractivity contribution >= 4 is 50.7 Å². The molecule has 37 heavy (non-hydrogen) atoms. The van der Waals surface area contributed by atoms with Crippen LogP contribution in [0.3, 0.4) is 0 Å². The molecule has 0 bridgehead atoms. The molecule has 0 aliphatic carbocycles. The maximum atomic E-state index is 13.5. The first kappa shape index (κ1) is 30.9. The van der Waals surface area contributed by atoms with Gasteiger partial charge in [0.15, 0.2) is 0 Å².